The van der Waals surface area contributed by atoms with Crippen LogP contribution < -0.4 is 5.32 Å². The number of nitrogens with one attached hydrogen (secondary N) is 1. The molecule has 1 N–H and O–H groups in total. The fourth-order valence-corrected chi connectivity index (χ4v) is 2.92. The Balaban J connectivity index is 2.12. The predicted octanol–water partition coefficient (Wildman–Crippen LogP) is 1.72. The quantitative estimate of drug-likeness (QED) is 0.878. The van der Waals surface area contributed by atoms with E-state index in [0.717, 1.165) is 23.0 Å². The van der Waals surface area contributed by atoms with E-state index >= 15 is 0 Å². The first kappa shape index (κ1) is 14.9. The maximum atomic E-state index is 11.2. The summed E-state index contributed by atoms with van der Waals surface area (Å²) in [5, 5.41) is 3.23. The molecular formula is C14H19N3O2S. The molecule has 0 saturated heterocycles. The van der Waals surface area contributed by atoms with Crippen LogP contribution in [-0.4, -0.2) is 37.4 Å². The van der Waals surface area contributed by atoms with Crippen molar-refractivity contribution in [1.82, 2.24) is 15.3 Å². The van der Waals surface area contributed by atoms with Gasteiger partial charge in [-0.25, -0.2) is 8.42 Å². The molecule has 0 aliphatic carbocycles. The van der Waals surface area contributed by atoms with Crippen molar-refractivity contribution in [3.05, 3.63) is 36.2 Å². The molecule has 0 fully saturated rings. The second-order valence-corrected chi connectivity index (χ2v) is 7.18. The SMILES string of the molecule is CNC(CCCS(C)(=O)=O)c1ccc2nccnc2c1. The highest BCUT2D eigenvalue weighted by atomic mass is 32.2. The van der Waals surface area contributed by atoms with Gasteiger partial charge < -0.3 is 5.32 Å². The van der Waals surface area contributed by atoms with Crippen LogP contribution in [0.25, 0.3) is 11.0 Å². The lowest BCUT2D eigenvalue weighted by Crippen LogP contribution is -2.17. The van der Waals surface area contributed by atoms with Crippen LogP contribution >= 0.6 is 0 Å². The van der Waals surface area contributed by atoms with Crippen molar-refractivity contribution in [1.29, 1.82) is 0 Å². The van der Waals surface area contributed by atoms with Gasteiger partial charge in [-0.05, 0) is 37.6 Å². The lowest BCUT2D eigenvalue weighted by atomic mass is 10.0. The summed E-state index contributed by atoms with van der Waals surface area (Å²) >= 11 is 0. The van der Waals surface area contributed by atoms with Crippen LogP contribution in [-0.2, 0) is 9.84 Å². The van der Waals surface area contributed by atoms with Crippen LogP contribution in [0.4, 0.5) is 0 Å². The smallest absolute Gasteiger partial charge is 0.147 e. The van der Waals surface area contributed by atoms with Gasteiger partial charge in [-0.1, -0.05) is 6.07 Å². The molecule has 1 aromatic carbocycles. The van der Waals surface area contributed by atoms with E-state index in [2.05, 4.69) is 15.3 Å². The van der Waals surface area contributed by atoms with Crippen molar-refractivity contribution in [3.8, 4) is 0 Å². The molecule has 0 radical (unpaired) electrons. The van der Waals surface area contributed by atoms with Gasteiger partial charge in [0.1, 0.15) is 9.84 Å². The zero-order valence-corrected chi connectivity index (χ0v) is 12.5. The summed E-state index contributed by atoms with van der Waals surface area (Å²) in [6.45, 7) is 0. The fraction of sp³-hybridized carbons (Fsp3) is 0.429. The van der Waals surface area contributed by atoms with Gasteiger partial charge in [0.25, 0.3) is 0 Å². The number of benzene rings is 1. The van der Waals surface area contributed by atoms with Gasteiger partial charge in [-0.2, -0.15) is 0 Å². The molecule has 2 rings (SSSR count). The minimum Gasteiger partial charge on any atom is -0.313 e. The minimum atomic E-state index is -2.89. The third kappa shape index (κ3) is 3.98. The normalized spacial score (nSPS) is 13.5. The highest BCUT2D eigenvalue weighted by Gasteiger charge is 2.12. The van der Waals surface area contributed by atoms with Gasteiger partial charge in [0, 0.05) is 30.4 Å². The largest absolute Gasteiger partial charge is 0.313 e. The minimum absolute atomic E-state index is 0.128. The summed E-state index contributed by atoms with van der Waals surface area (Å²) < 4.78 is 22.3. The second-order valence-electron chi connectivity index (χ2n) is 4.92. The molecule has 5 nitrogen and oxygen atoms in total. The molecule has 0 spiro atoms. The first-order valence-electron chi connectivity index (χ1n) is 6.55. The number of fused-ring (bicyclic) bond motifs is 1. The summed E-state index contributed by atoms with van der Waals surface area (Å²) in [6, 6.07) is 6.09. The number of hydrogen-bond donors (Lipinski definition) is 1. The molecule has 108 valence electrons. The van der Waals surface area contributed by atoms with Crippen molar-refractivity contribution >= 4 is 20.9 Å². The average Bonchev–Trinajstić information content (AvgIpc) is 2.42. The third-order valence-electron chi connectivity index (χ3n) is 3.25. The highest BCUT2D eigenvalue weighted by Crippen LogP contribution is 2.21. The Labute approximate surface area is 119 Å². The van der Waals surface area contributed by atoms with Crippen LogP contribution in [0, 0.1) is 0 Å². The predicted molar refractivity (Wildman–Crippen MR) is 80.3 cm³/mol. The first-order chi connectivity index (χ1) is 9.49. The molecule has 20 heavy (non-hydrogen) atoms. The summed E-state index contributed by atoms with van der Waals surface area (Å²) in [7, 11) is -1.01. The van der Waals surface area contributed by atoms with Crippen LogP contribution in [0.15, 0.2) is 30.6 Å². The Morgan fingerprint density at radius 3 is 2.55 bits per heavy atom. The summed E-state index contributed by atoms with van der Waals surface area (Å²) in [4.78, 5) is 8.53. The summed E-state index contributed by atoms with van der Waals surface area (Å²) in [5.41, 5.74) is 2.82. The van der Waals surface area contributed by atoms with Gasteiger partial charge >= 0.3 is 0 Å². The Kier molecular flexibility index (Phi) is 4.67. The molecule has 0 aliphatic rings. The van der Waals surface area contributed by atoms with Crippen LogP contribution in [0.2, 0.25) is 0 Å². The van der Waals surface area contributed by atoms with Crippen molar-refractivity contribution in [2.45, 2.75) is 18.9 Å². The molecule has 0 aliphatic heterocycles. The van der Waals surface area contributed by atoms with E-state index in [1.807, 2.05) is 25.2 Å². The molecule has 6 heteroatoms. The molecule has 1 heterocycles. The zero-order valence-electron chi connectivity index (χ0n) is 11.7. The molecule has 0 saturated carbocycles. The number of nitrogens with zero attached hydrogens (tertiary/aromatic N) is 2. The molecule has 0 amide bonds. The molecule has 2 aromatic rings. The molecule has 1 aromatic heterocycles. The average molecular weight is 293 g/mol. The Bertz CT molecular complexity index is 686. The van der Waals surface area contributed by atoms with Gasteiger partial charge in [0.05, 0.1) is 11.0 Å². The monoisotopic (exact) mass is 293 g/mol. The van der Waals surface area contributed by atoms with E-state index in [0.29, 0.717) is 6.42 Å². The molecule has 1 atom stereocenters. The zero-order chi connectivity index (χ0) is 14.6. The van der Waals surface area contributed by atoms with Crippen molar-refractivity contribution in [2.24, 2.45) is 0 Å². The van der Waals surface area contributed by atoms with E-state index < -0.39 is 9.84 Å². The van der Waals surface area contributed by atoms with Gasteiger partial charge in [-0.15, -0.1) is 0 Å². The van der Waals surface area contributed by atoms with E-state index in [4.69, 9.17) is 0 Å². The maximum Gasteiger partial charge on any atom is 0.147 e. The van der Waals surface area contributed by atoms with Gasteiger partial charge in [0.15, 0.2) is 0 Å². The fourth-order valence-electron chi connectivity index (χ4n) is 2.22. The van der Waals surface area contributed by atoms with Crippen molar-refractivity contribution < 1.29 is 8.42 Å². The highest BCUT2D eigenvalue weighted by molar-refractivity contribution is 7.90. The molecular weight excluding hydrogens is 274 g/mol. The van der Waals surface area contributed by atoms with E-state index in [9.17, 15) is 8.42 Å². The van der Waals surface area contributed by atoms with E-state index in [-0.39, 0.29) is 11.8 Å². The van der Waals surface area contributed by atoms with Crippen LogP contribution in [0.5, 0.6) is 0 Å². The van der Waals surface area contributed by atoms with E-state index in [1.165, 1.54) is 6.26 Å². The lowest BCUT2D eigenvalue weighted by Gasteiger charge is -2.16. The summed E-state index contributed by atoms with van der Waals surface area (Å²) in [5.74, 6) is 0.221. The second kappa shape index (κ2) is 6.28. The number of sulfone groups is 1. The number of hydrogen-bond acceptors (Lipinski definition) is 5. The number of aromatic nitrogens is 2. The molecule has 0 bridgehead atoms. The Morgan fingerprint density at radius 1 is 1.20 bits per heavy atom. The third-order valence-corrected chi connectivity index (χ3v) is 4.28. The van der Waals surface area contributed by atoms with Crippen molar-refractivity contribution in [2.75, 3.05) is 19.1 Å². The summed E-state index contributed by atoms with van der Waals surface area (Å²) in [6.07, 6.45) is 6.03. The maximum absolute atomic E-state index is 11.2. The first-order valence-corrected chi connectivity index (χ1v) is 8.61. The Hall–Kier alpha value is -1.53. The van der Waals surface area contributed by atoms with Crippen LogP contribution in [0.3, 0.4) is 0 Å². The Morgan fingerprint density at radius 2 is 1.90 bits per heavy atom. The van der Waals surface area contributed by atoms with Gasteiger partial charge in [-0.3, -0.25) is 9.97 Å². The van der Waals surface area contributed by atoms with Crippen molar-refractivity contribution in [3.63, 3.8) is 0 Å². The molecule has 1 unspecified atom stereocenters. The van der Waals surface area contributed by atoms with E-state index in [1.54, 1.807) is 12.4 Å². The van der Waals surface area contributed by atoms with Gasteiger partial charge in [0.2, 0.25) is 0 Å². The standard InChI is InChI=1S/C14H19N3O2S/c1-15-12(4-3-9-20(2,18)19)11-5-6-13-14(10-11)17-8-7-16-13/h5-8,10,12,15H,3-4,9H2,1-2H3. The topological polar surface area (TPSA) is 72.0 Å². The number of rotatable bonds is 6. The lowest BCUT2D eigenvalue weighted by molar-refractivity contribution is 0.536. The van der Waals surface area contributed by atoms with Crippen LogP contribution in [0.1, 0.15) is 24.4 Å².